The third-order valence-electron chi connectivity index (χ3n) is 2.85. The van der Waals surface area contributed by atoms with Crippen molar-refractivity contribution in [3.63, 3.8) is 0 Å². The fourth-order valence-corrected chi connectivity index (χ4v) is 2.26. The zero-order valence-corrected chi connectivity index (χ0v) is 5.33. The normalized spacial score (nSPS) is 55.3. The minimum Gasteiger partial charge on any atom is -0.396 e. The van der Waals surface area contributed by atoms with Crippen LogP contribution in [0.3, 0.4) is 0 Å². The van der Waals surface area contributed by atoms with E-state index in [4.69, 9.17) is 5.11 Å². The van der Waals surface area contributed by atoms with E-state index in [1.807, 2.05) is 0 Å². The van der Waals surface area contributed by atoms with E-state index in [9.17, 15) is 5.11 Å². The van der Waals surface area contributed by atoms with Crippen LogP contribution < -0.4 is 0 Å². The van der Waals surface area contributed by atoms with Crippen LogP contribution in [-0.2, 0) is 0 Å². The fraction of sp³-hybridized carbons (Fsp3) is 1.00. The summed E-state index contributed by atoms with van der Waals surface area (Å²) in [6.07, 6.45) is 2.01. The van der Waals surface area contributed by atoms with E-state index in [0.29, 0.717) is 17.8 Å². The first-order valence-corrected chi connectivity index (χ1v) is 3.63. The van der Waals surface area contributed by atoms with Crippen molar-refractivity contribution in [2.24, 2.45) is 17.8 Å². The van der Waals surface area contributed by atoms with Gasteiger partial charge in [-0.15, -0.1) is 0 Å². The molecule has 2 nitrogen and oxygen atoms in total. The van der Waals surface area contributed by atoms with Gasteiger partial charge in [0, 0.05) is 6.61 Å². The van der Waals surface area contributed by atoms with Gasteiger partial charge in [0.2, 0.25) is 0 Å². The minimum absolute atomic E-state index is 0.0906. The molecule has 0 radical (unpaired) electrons. The monoisotopic (exact) mass is 128 g/mol. The van der Waals surface area contributed by atoms with Crippen LogP contribution in [0.5, 0.6) is 0 Å². The molecule has 4 unspecified atom stereocenters. The summed E-state index contributed by atoms with van der Waals surface area (Å²) in [5, 5.41) is 17.9. The van der Waals surface area contributed by atoms with Gasteiger partial charge in [-0.3, -0.25) is 0 Å². The quantitative estimate of drug-likeness (QED) is 0.521. The predicted octanol–water partition coefficient (Wildman–Crippen LogP) is -0.00440. The van der Waals surface area contributed by atoms with Gasteiger partial charge < -0.3 is 10.2 Å². The van der Waals surface area contributed by atoms with Gasteiger partial charge in [0.15, 0.2) is 0 Å². The molecule has 2 saturated carbocycles. The maximum absolute atomic E-state index is 9.23. The number of hydrogen-bond donors (Lipinski definition) is 2. The van der Waals surface area contributed by atoms with Gasteiger partial charge >= 0.3 is 0 Å². The van der Waals surface area contributed by atoms with E-state index in [0.717, 1.165) is 12.8 Å². The molecule has 0 aromatic rings. The third-order valence-corrected chi connectivity index (χ3v) is 2.85. The van der Waals surface area contributed by atoms with Gasteiger partial charge in [0.05, 0.1) is 6.10 Å². The maximum Gasteiger partial charge on any atom is 0.0574 e. The summed E-state index contributed by atoms with van der Waals surface area (Å²) in [7, 11) is 0. The van der Waals surface area contributed by atoms with Gasteiger partial charge in [-0.25, -0.2) is 0 Å². The largest absolute Gasteiger partial charge is 0.396 e. The highest BCUT2D eigenvalue weighted by Gasteiger charge is 2.56. The van der Waals surface area contributed by atoms with Crippen LogP contribution in [0.15, 0.2) is 0 Å². The van der Waals surface area contributed by atoms with E-state index >= 15 is 0 Å². The molecule has 0 aliphatic heterocycles. The van der Waals surface area contributed by atoms with Crippen molar-refractivity contribution < 1.29 is 10.2 Å². The summed E-state index contributed by atoms with van der Waals surface area (Å²) in [4.78, 5) is 0. The second-order valence-electron chi connectivity index (χ2n) is 3.23. The number of aliphatic hydroxyl groups excluding tert-OH is 2. The zero-order chi connectivity index (χ0) is 6.43. The van der Waals surface area contributed by atoms with E-state index in [-0.39, 0.29) is 12.7 Å². The molecule has 0 saturated heterocycles. The molecule has 0 aromatic carbocycles. The number of aliphatic hydroxyl groups is 2. The summed E-state index contributed by atoms with van der Waals surface area (Å²) < 4.78 is 0. The second kappa shape index (κ2) is 1.70. The molecule has 2 heteroatoms. The van der Waals surface area contributed by atoms with Crippen LogP contribution in [-0.4, -0.2) is 22.9 Å². The Balaban J connectivity index is 1.98. The molecule has 0 spiro atoms. The number of fused-ring (bicyclic) bond motifs is 1. The highest BCUT2D eigenvalue weighted by atomic mass is 16.3. The van der Waals surface area contributed by atoms with E-state index in [1.165, 1.54) is 0 Å². The Morgan fingerprint density at radius 3 is 2.44 bits per heavy atom. The first kappa shape index (κ1) is 5.69. The van der Waals surface area contributed by atoms with Gasteiger partial charge in [-0.1, -0.05) is 0 Å². The molecule has 2 aliphatic rings. The van der Waals surface area contributed by atoms with Gasteiger partial charge in [0.25, 0.3) is 0 Å². The van der Waals surface area contributed by atoms with Crippen molar-refractivity contribution in [2.75, 3.05) is 6.61 Å². The van der Waals surface area contributed by atoms with Crippen LogP contribution in [0, 0.1) is 17.8 Å². The molecule has 2 aliphatic carbocycles. The Kier molecular flexibility index (Phi) is 1.08. The van der Waals surface area contributed by atoms with Crippen molar-refractivity contribution in [2.45, 2.75) is 18.9 Å². The first-order valence-electron chi connectivity index (χ1n) is 3.63. The van der Waals surface area contributed by atoms with E-state index in [1.54, 1.807) is 0 Å². The van der Waals surface area contributed by atoms with Crippen molar-refractivity contribution in [1.29, 1.82) is 0 Å². The molecular weight excluding hydrogens is 116 g/mol. The number of rotatable bonds is 1. The van der Waals surface area contributed by atoms with Crippen molar-refractivity contribution in [3.8, 4) is 0 Å². The lowest BCUT2D eigenvalue weighted by molar-refractivity contribution is 0.137. The lowest BCUT2D eigenvalue weighted by Gasteiger charge is -2.03. The van der Waals surface area contributed by atoms with Crippen LogP contribution in [0.4, 0.5) is 0 Å². The molecule has 0 heterocycles. The second-order valence-corrected chi connectivity index (χ2v) is 3.23. The third kappa shape index (κ3) is 0.634. The van der Waals surface area contributed by atoms with E-state index < -0.39 is 0 Å². The molecule has 0 bridgehead atoms. The van der Waals surface area contributed by atoms with Gasteiger partial charge in [-0.2, -0.15) is 0 Å². The summed E-state index contributed by atoms with van der Waals surface area (Å²) in [5.74, 6) is 1.59. The summed E-state index contributed by atoms with van der Waals surface area (Å²) in [5.41, 5.74) is 0. The Bertz CT molecular complexity index is 120. The summed E-state index contributed by atoms with van der Waals surface area (Å²) in [6, 6.07) is 0. The fourth-order valence-electron chi connectivity index (χ4n) is 2.26. The zero-order valence-electron chi connectivity index (χ0n) is 5.33. The molecule has 0 amide bonds. The topological polar surface area (TPSA) is 40.5 Å². The molecule has 2 N–H and O–H groups in total. The van der Waals surface area contributed by atoms with Crippen LogP contribution in [0.2, 0.25) is 0 Å². The number of hydrogen-bond acceptors (Lipinski definition) is 2. The molecule has 4 atom stereocenters. The maximum atomic E-state index is 9.23. The van der Waals surface area contributed by atoms with Crippen molar-refractivity contribution >= 4 is 0 Å². The molecule has 0 aromatic heterocycles. The SMILES string of the molecule is OCC1C2CCC(O)C12. The Morgan fingerprint density at radius 1 is 1.33 bits per heavy atom. The van der Waals surface area contributed by atoms with Gasteiger partial charge in [-0.05, 0) is 30.6 Å². The van der Waals surface area contributed by atoms with Crippen LogP contribution in [0.1, 0.15) is 12.8 Å². The van der Waals surface area contributed by atoms with Crippen molar-refractivity contribution in [1.82, 2.24) is 0 Å². The average molecular weight is 128 g/mol. The predicted molar refractivity (Wildman–Crippen MR) is 32.8 cm³/mol. The molecule has 2 fully saturated rings. The summed E-state index contributed by atoms with van der Waals surface area (Å²) >= 11 is 0. The first-order chi connectivity index (χ1) is 4.34. The Labute approximate surface area is 54.5 Å². The average Bonchev–Trinajstić information content (AvgIpc) is 2.46. The van der Waals surface area contributed by atoms with Crippen LogP contribution in [0.25, 0.3) is 0 Å². The van der Waals surface area contributed by atoms with Crippen molar-refractivity contribution in [3.05, 3.63) is 0 Å². The lowest BCUT2D eigenvalue weighted by Crippen LogP contribution is -2.08. The highest BCUT2D eigenvalue weighted by Crippen LogP contribution is 2.56. The minimum atomic E-state index is -0.0906. The molecule has 52 valence electrons. The standard InChI is InChI=1S/C7H12O2/c8-3-5-4-1-2-6(9)7(4)5/h4-9H,1-3H2. The summed E-state index contributed by atoms with van der Waals surface area (Å²) in [6.45, 7) is 0.284. The highest BCUT2D eigenvalue weighted by molar-refractivity contribution is 5.05. The van der Waals surface area contributed by atoms with E-state index in [2.05, 4.69) is 0 Å². The van der Waals surface area contributed by atoms with Gasteiger partial charge in [0.1, 0.15) is 0 Å². The van der Waals surface area contributed by atoms with Crippen LogP contribution >= 0.6 is 0 Å². The lowest BCUT2D eigenvalue weighted by atomic mass is 10.1. The molecule has 2 rings (SSSR count). The molecule has 9 heavy (non-hydrogen) atoms. The smallest absolute Gasteiger partial charge is 0.0574 e. The Hall–Kier alpha value is -0.0800. The Morgan fingerprint density at radius 2 is 2.11 bits per heavy atom. The molecular formula is C7H12O2.